The number of aryl methyl sites for hydroxylation is 1. The average Bonchev–Trinajstić information content (AvgIpc) is 2.36. The maximum atomic E-state index is 8.84. The van der Waals surface area contributed by atoms with Crippen LogP contribution in [0.5, 0.6) is 0 Å². The molecule has 0 atom stereocenters. The zero-order valence-corrected chi connectivity index (χ0v) is 10.6. The number of nitrogens with zero attached hydrogens (tertiary/aromatic N) is 2. The molecule has 0 unspecified atom stereocenters. The lowest BCUT2D eigenvalue weighted by molar-refractivity contribution is 0.225. The predicted molar refractivity (Wildman–Crippen MR) is 68.5 cm³/mol. The van der Waals surface area contributed by atoms with E-state index in [2.05, 4.69) is 17.9 Å². The quantitative estimate of drug-likeness (QED) is 0.816. The van der Waals surface area contributed by atoms with E-state index in [1.54, 1.807) is 0 Å². The van der Waals surface area contributed by atoms with Gasteiger partial charge in [-0.3, -0.25) is 4.90 Å². The topological polar surface area (TPSA) is 47.3 Å². The van der Waals surface area contributed by atoms with Crippen molar-refractivity contribution in [2.75, 3.05) is 19.7 Å². The van der Waals surface area contributed by atoms with Crippen LogP contribution in [0.25, 0.3) is 0 Å². The zero-order chi connectivity index (χ0) is 12.7. The summed E-state index contributed by atoms with van der Waals surface area (Å²) in [6.45, 7) is 7.16. The second-order valence-electron chi connectivity index (χ2n) is 4.20. The van der Waals surface area contributed by atoms with Crippen molar-refractivity contribution in [3.63, 3.8) is 0 Å². The first-order chi connectivity index (χ1) is 8.21. The van der Waals surface area contributed by atoms with E-state index in [4.69, 9.17) is 10.4 Å². The summed E-state index contributed by atoms with van der Waals surface area (Å²) >= 11 is 0. The highest BCUT2D eigenvalue weighted by Gasteiger charge is 2.06. The highest BCUT2D eigenvalue weighted by atomic mass is 16.3. The van der Waals surface area contributed by atoms with Crippen LogP contribution in [0.1, 0.15) is 30.0 Å². The minimum absolute atomic E-state index is 0.239. The summed E-state index contributed by atoms with van der Waals surface area (Å²) in [7, 11) is 0. The summed E-state index contributed by atoms with van der Waals surface area (Å²) in [5.74, 6) is 0. The lowest BCUT2D eigenvalue weighted by atomic mass is 10.1. The summed E-state index contributed by atoms with van der Waals surface area (Å²) in [6, 6.07) is 7.96. The van der Waals surface area contributed by atoms with Gasteiger partial charge in [0.25, 0.3) is 0 Å². The number of nitriles is 1. The standard InChI is InChI=1S/C14H20N2O/c1-3-16(7-4-8-17)11-14-6-5-13(10-15)9-12(14)2/h5-6,9,17H,3-4,7-8,11H2,1-2H3. The summed E-state index contributed by atoms with van der Waals surface area (Å²) < 4.78 is 0. The van der Waals surface area contributed by atoms with Crippen LogP contribution in [0.4, 0.5) is 0 Å². The molecule has 0 aromatic heterocycles. The Hall–Kier alpha value is -1.37. The molecule has 0 aliphatic heterocycles. The lowest BCUT2D eigenvalue weighted by Gasteiger charge is -2.21. The fraction of sp³-hybridized carbons (Fsp3) is 0.500. The first kappa shape index (κ1) is 13.7. The van der Waals surface area contributed by atoms with E-state index in [-0.39, 0.29) is 6.61 Å². The second-order valence-corrected chi connectivity index (χ2v) is 4.20. The number of benzene rings is 1. The molecule has 0 fully saturated rings. The van der Waals surface area contributed by atoms with E-state index in [1.165, 1.54) is 5.56 Å². The fourth-order valence-corrected chi connectivity index (χ4v) is 1.83. The van der Waals surface area contributed by atoms with Crippen LogP contribution in [0, 0.1) is 18.3 Å². The van der Waals surface area contributed by atoms with Crippen molar-refractivity contribution < 1.29 is 5.11 Å². The molecule has 0 aliphatic carbocycles. The maximum Gasteiger partial charge on any atom is 0.0991 e. The van der Waals surface area contributed by atoms with Gasteiger partial charge in [-0.2, -0.15) is 5.26 Å². The van der Waals surface area contributed by atoms with Crippen LogP contribution >= 0.6 is 0 Å². The molecule has 0 radical (unpaired) electrons. The number of rotatable bonds is 6. The molecule has 0 aliphatic rings. The molecule has 0 spiro atoms. The lowest BCUT2D eigenvalue weighted by Crippen LogP contribution is -2.25. The first-order valence-electron chi connectivity index (χ1n) is 6.04. The number of hydrogen-bond acceptors (Lipinski definition) is 3. The molecular weight excluding hydrogens is 212 g/mol. The van der Waals surface area contributed by atoms with Crippen LogP contribution in [-0.4, -0.2) is 29.7 Å². The van der Waals surface area contributed by atoms with Gasteiger partial charge in [-0.05, 0) is 43.1 Å². The average molecular weight is 232 g/mol. The van der Waals surface area contributed by atoms with E-state index in [9.17, 15) is 0 Å². The highest BCUT2D eigenvalue weighted by molar-refractivity contribution is 5.37. The summed E-state index contributed by atoms with van der Waals surface area (Å²) in [4.78, 5) is 2.30. The second kappa shape index (κ2) is 7.05. The third kappa shape index (κ3) is 4.18. The highest BCUT2D eigenvalue weighted by Crippen LogP contribution is 2.13. The molecule has 0 saturated carbocycles. The van der Waals surface area contributed by atoms with Crippen LogP contribution in [0.3, 0.4) is 0 Å². The van der Waals surface area contributed by atoms with Gasteiger partial charge in [-0.1, -0.05) is 13.0 Å². The molecule has 1 aromatic rings. The monoisotopic (exact) mass is 232 g/mol. The van der Waals surface area contributed by atoms with E-state index in [0.29, 0.717) is 5.56 Å². The largest absolute Gasteiger partial charge is 0.396 e. The Morgan fingerprint density at radius 2 is 2.18 bits per heavy atom. The molecule has 1 rings (SSSR count). The Balaban J connectivity index is 2.69. The Kier molecular flexibility index (Phi) is 5.68. The van der Waals surface area contributed by atoms with Crippen molar-refractivity contribution in [1.29, 1.82) is 5.26 Å². The van der Waals surface area contributed by atoms with Gasteiger partial charge in [0.2, 0.25) is 0 Å². The van der Waals surface area contributed by atoms with Crippen LogP contribution in [0.15, 0.2) is 18.2 Å². The van der Waals surface area contributed by atoms with Gasteiger partial charge in [0.05, 0.1) is 11.6 Å². The van der Waals surface area contributed by atoms with Gasteiger partial charge in [-0.15, -0.1) is 0 Å². The van der Waals surface area contributed by atoms with Crippen LogP contribution < -0.4 is 0 Å². The van der Waals surface area contributed by atoms with Gasteiger partial charge in [-0.25, -0.2) is 0 Å². The third-order valence-corrected chi connectivity index (χ3v) is 2.95. The molecule has 3 heteroatoms. The SMILES string of the molecule is CCN(CCCO)Cc1ccc(C#N)cc1C. The first-order valence-corrected chi connectivity index (χ1v) is 6.04. The third-order valence-electron chi connectivity index (χ3n) is 2.95. The smallest absolute Gasteiger partial charge is 0.0991 e. The number of aliphatic hydroxyl groups is 1. The predicted octanol–water partition coefficient (Wildman–Crippen LogP) is 2.07. The summed E-state index contributed by atoms with van der Waals surface area (Å²) in [5, 5.41) is 17.6. The molecule has 0 amide bonds. The minimum Gasteiger partial charge on any atom is -0.396 e. The van der Waals surface area contributed by atoms with E-state index < -0.39 is 0 Å². The van der Waals surface area contributed by atoms with Crippen molar-refractivity contribution in [3.8, 4) is 6.07 Å². The van der Waals surface area contributed by atoms with Gasteiger partial charge < -0.3 is 5.11 Å². The van der Waals surface area contributed by atoms with Crippen LogP contribution in [-0.2, 0) is 6.54 Å². The fourth-order valence-electron chi connectivity index (χ4n) is 1.83. The molecule has 0 bridgehead atoms. The Morgan fingerprint density at radius 1 is 1.41 bits per heavy atom. The number of aliphatic hydroxyl groups excluding tert-OH is 1. The summed E-state index contributed by atoms with van der Waals surface area (Å²) in [5.41, 5.74) is 3.12. The van der Waals surface area contributed by atoms with Crippen molar-refractivity contribution in [2.45, 2.75) is 26.8 Å². The van der Waals surface area contributed by atoms with Gasteiger partial charge in [0.15, 0.2) is 0 Å². The van der Waals surface area contributed by atoms with Gasteiger partial charge >= 0.3 is 0 Å². The molecule has 92 valence electrons. The Labute approximate surface area is 103 Å². The Morgan fingerprint density at radius 3 is 2.71 bits per heavy atom. The van der Waals surface area contributed by atoms with Gasteiger partial charge in [0, 0.05) is 19.7 Å². The minimum atomic E-state index is 0.239. The molecule has 1 aromatic carbocycles. The molecule has 1 N–H and O–H groups in total. The van der Waals surface area contributed by atoms with E-state index >= 15 is 0 Å². The Bertz CT molecular complexity index is 396. The maximum absolute atomic E-state index is 8.84. The van der Waals surface area contributed by atoms with Crippen molar-refractivity contribution in [1.82, 2.24) is 4.90 Å². The van der Waals surface area contributed by atoms with Crippen molar-refractivity contribution in [2.24, 2.45) is 0 Å². The molecule has 3 nitrogen and oxygen atoms in total. The van der Waals surface area contributed by atoms with Crippen molar-refractivity contribution in [3.05, 3.63) is 34.9 Å². The van der Waals surface area contributed by atoms with Gasteiger partial charge in [0.1, 0.15) is 0 Å². The van der Waals surface area contributed by atoms with Crippen molar-refractivity contribution >= 4 is 0 Å². The normalized spacial score (nSPS) is 10.5. The molecular formula is C14H20N2O. The van der Waals surface area contributed by atoms with E-state index in [1.807, 2.05) is 25.1 Å². The molecule has 0 heterocycles. The molecule has 0 saturated heterocycles. The van der Waals surface area contributed by atoms with Crippen LogP contribution in [0.2, 0.25) is 0 Å². The zero-order valence-electron chi connectivity index (χ0n) is 10.6. The molecule has 17 heavy (non-hydrogen) atoms. The van der Waals surface area contributed by atoms with E-state index in [0.717, 1.165) is 31.6 Å². The summed E-state index contributed by atoms with van der Waals surface area (Å²) in [6.07, 6.45) is 0.809. The number of hydrogen-bond donors (Lipinski definition) is 1.